The fourth-order valence-electron chi connectivity index (χ4n) is 3.56. The van der Waals surface area contributed by atoms with Gasteiger partial charge in [0.2, 0.25) is 0 Å². The molecular weight excluding hydrogens is 208 g/mol. The van der Waals surface area contributed by atoms with Crippen molar-refractivity contribution >= 4 is 0 Å². The fourth-order valence-corrected chi connectivity index (χ4v) is 3.56. The van der Waals surface area contributed by atoms with E-state index >= 15 is 0 Å². The summed E-state index contributed by atoms with van der Waals surface area (Å²) < 4.78 is 0. The van der Waals surface area contributed by atoms with Crippen LogP contribution in [0.5, 0.6) is 0 Å². The smallest absolute Gasteiger partial charge is 0.0113 e. The summed E-state index contributed by atoms with van der Waals surface area (Å²) in [7, 11) is 2.25. The van der Waals surface area contributed by atoms with Gasteiger partial charge in [0, 0.05) is 32.2 Å². The lowest BCUT2D eigenvalue weighted by Crippen LogP contribution is -2.50. The molecule has 0 radical (unpaired) electrons. The van der Waals surface area contributed by atoms with Crippen LogP contribution in [-0.4, -0.2) is 49.1 Å². The third kappa shape index (κ3) is 3.45. The summed E-state index contributed by atoms with van der Waals surface area (Å²) in [6.07, 6.45) is 7.24. The summed E-state index contributed by atoms with van der Waals surface area (Å²) >= 11 is 0. The first-order valence-corrected chi connectivity index (χ1v) is 7.63. The van der Waals surface area contributed by atoms with E-state index in [1.807, 2.05) is 0 Å². The molecule has 1 unspecified atom stereocenters. The van der Waals surface area contributed by atoms with Gasteiger partial charge in [-0.05, 0) is 44.6 Å². The van der Waals surface area contributed by atoms with Crippen LogP contribution in [0.25, 0.3) is 0 Å². The largest absolute Gasteiger partial charge is 0.304 e. The summed E-state index contributed by atoms with van der Waals surface area (Å²) in [5, 5.41) is 0. The molecule has 1 saturated heterocycles. The predicted octanol–water partition coefficient (Wildman–Crippen LogP) is 2.84. The number of hydrogen-bond acceptors (Lipinski definition) is 2. The standard InChI is InChI=1S/C15H30N2/c1-4-13(2)14-5-7-15(8-6-14)17-11-9-16(3)10-12-17/h13-15H,4-12H2,1-3H3/t13?,14-,15-. The van der Waals surface area contributed by atoms with Gasteiger partial charge >= 0.3 is 0 Å². The lowest BCUT2D eigenvalue weighted by molar-refractivity contribution is 0.0736. The first-order chi connectivity index (χ1) is 8.20. The SMILES string of the molecule is CCC(C)[C@H]1CC[C@H](N2CCN(C)CC2)CC1. The molecule has 1 heterocycles. The minimum absolute atomic E-state index is 0.906. The molecule has 0 aromatic rings. The average molecular weight is 238 g/mol. The topological polar surface area (TPSA) is 6.48 Å². The summed E-state index contributed by atoms with van der Waals surface area (Å²) in [5.74, 6) is 1.96. The Morgan fingerprint density at radius 3 is 2.12 bits per heavy atom. The molecule has 0 aromatic carbocycles. The lowest BCUT2D eigenvalue weighted by Gasteiger charge is -2.42. The van der Waals surface area contributed by atoms with E-state index < -0.39 is 0 Å². The number of likely N-dealkylation sites (N-methyl/N-ethyl adjacent to an activating group) is 1. The molecule has 1 saturated carbocycles. The minimum atomic E-state index is 0.906. The van der Waals surface area contributed by atoms with Gasteiger partial charge in [-0.25, -0.2) is 0 Å². The molecule has 2 rings (SSSR count). The van der Waals surface area contributed by atoms with Gasteiger partial charge in [-0.1, -0.05) is 20.3 Å². The minimum Gasteiger partial charge on any atom is -0.304 e. The first-order valence-electron chi connectivity index (χ1n) is 7.63. The fraction of sp³-hybridized carbons (Fsp3) is 1.00. The van der Waals surface area contributed by atoms with Crippen LogP contribution >= 0.6 is 0 Å². The van der Waals surface area contributed by atoms with E-state index in [0.29, 0.717) is 0 Å². The zero-order valence-corrected chi connectivity index (χ0v) is 12.0. The van der Waals surface area contributed by atoms with Gasteiger partial charge in [0.15, 0.2) is 0 Å². The molecule has 1 aliphatic heterocycles. The van der Waals surface area contributed by atoms with Crippen molar-refractivity contribution in [1.82, 2.24) is 9.80 Å². The van der Waals surface area contributed by atoms with Crippen molar-refractivity contribution < 1.29 is 0 Å². The van der Waals surface area contributed by atoms with Crippen LogP contribution in [0.2, 0.25) is 0 Å². The Balaban J connectivity index is 1.75. The Kier molecular flexibility index (Phi) is 4.87. The molecule has 2 nitrogen and oxygen atoms in total. The Hall–Kier alpha value is -0.0800. The van der Waals surface area contributed by atoms with Crippen LogP contribution < -0.4 is 0 Å². The van der Waals surface area contributed by atoms with Crippen LogP contribution in [0.3, 0.4) is 0 Å². The molecule has 0 aromatic heterocycles. The van der Waals surface area contributed by atoms with Crippen molar-refractivity contribution in [2.45, 2.75) is 52.0 Å². The van der Waals surface area contributed by atoms with Crippen molar-refractivity contribution in [3.05, 3.63) is 0 Å². The maximum atomic E-state index is 2.76. The summed E-state index contributed by atoms with van der Waals surface area (Å²) in [5.41, 5.74) is 0. The van der Waals surface area contributed by atoms with Gasteiger partial charge in [0.25, 0.3) is 0 Å². The molecular formula is C15H30N2. The van der Waals surface area contributed by atoms with Crippen LogP contribution in [0.15, 0.2) is 0 Å². The second-order valence-corrected chi connectivity index (χ2v) is 6.29. The monoisotopic (exact) mass is 238 g/mol. The maximum Gasteiger partial charge on any atom is 0.0113 e. The molecule has 2 heteroatoms. The van der Waals surface area contributed by atoms with Crippen molar-refractivity contribution in [2.75, 3.05) is 33.2 Å². The van der Waals surface area contributed by atoms with Crippen LogP contribution in [0, 0.1) is 11.8 Å². The molecule has 0 bridgehead atoms. The Morgan fingerprint density at radius 1 is 1.00 bits per heavy atom. The highest BCUT2D eigenvalue weighted by atomic mass is 15.3. The highest BCUT2D eigenvalue weighted by Crippen LogP contribution is 2.33. The van der Waals surface area contributed by atoms with Crippen molar-refractivity contribution in [3.8, 4) is 0 Å². The molecule has 2 fully saturated rings. The third-order valence-electron chi connectivity index (χ3n) is 5.24. The van der Waals surface area contributed by atoms with E-state index in [9.17, 15) is 0 Å². The summed E-state index contributed by atoms with van der Waals surface area (Å²) in [6, 6.07) is 0.906. The van der Waals surface area contributed by atoms with E-state index in [1.54, 1.807) is 0 Å². The van der Waals surface area contributed by atoms with Crippen molar-refractivity contribution in [2.24, 2.45) is 11.8 Å². The quantitative estimate of drug-likeness (QED) is 0.746. The normalized spacial score (nSPS) is 34.8. The molecule has 17 heavy (non-hydrogen) atoms. The highest BCUT2D eigenvalue weighted by Gasteiger charge is 2.29. The zero-order chi connectivity index (χ0) is 12.3. The second-order valence-electron chi connectivity index (χ2n) is 6.29. The summed E-state index contributed by atoms with van der Waals surface area (Å²) in [4.78, 5) is 5.22. The zero-order valence-electron chi connectivity index (χ0n) is 12.0. The van der Waals surface area contributed by atoms with E-state index in [1.165, 1.54) is 58.3 Å². The van der Waals surface area contributed by atoms with Gasteiger partial charge < -0.3 is 4.90 Å². The molecule has 2 aliphatic rings. The molecule has 0 spiro atoms. The Bertz CT molecular complexity index is 213. The average Bonchev–Trinajstić information content (AvgIpc) is 2.39. The van der Waals surface area contributed by atoms with Gasteiger partial charge in [-0.2, -0.15) is 0 Å². The van der Waals surface area contributed by atoms with Crippen LogP contribution in [0.1, 0.15) is 46.0 Å². The van der Waals surface area contributed by atoms with Gasteiger partial charge in [-0.3, -0.25) is 4.90 Å². The number of hydrogen-bond donors (Lipinski definition) is 0. The van der Waals surface area contributed by atoms with E-state index in [-0.39, 0.29) is 0 Å². The Morgan fingerprint density at radius 2 is 1.59 bits per heavy atom. The van der Waals surface area contributed by atoms with Gasteiger partial charge in [-0.15, -0.1) is 0 Å². The first kappa shape index (κ1) is 13.4. The molecule has 0 N–H and O–H groups in total. The number of rotatable bonds is 3. The predicted molar refractivity (Wildman–Crippen MR) is 74.3 cm³/mol. The highest BCUT2D eigenvalue weighted by molar-refractivity contribution is 4.83. The lowest BCUT2D eigenvalue weighted by atomic mass is 9.77. The summed E-state index contributed by atoms with van der Waals surface area (Å²) in [6.45, 7) is 9.93. The molecule has 0 amide bonds. The molecule has 1 aliphatic carbocycles. The number of piperazine rings is 1. The van der Waals surface area contributed by atoms with E-state index in [4.69, 9.17) is 0 Å². The Labute approximate surface area is 107 Å². The maximum absolute atomic E-state index is 2.76. The molecule has 100 valence electrons. The van der Waals surface area contributed by atoms with Crippen LogP contribution in [-0.2, 0) is 0 Å². The van der Waals surface area contributed by atoms with Crippen molar-refractivity contribution in [3.63, 3.8) is 0 Å². The van der Waals surface area contributed by atoms with Gasteiger partial charge in [0.1, 0.15) is 0 Å². The molecule has 1 atom stereocenters. The van der Waals surface area contributed by atoms with Crippen LogP contribution in [0.4, 0.5) is 0 Å². The second kappa shape index (κ2) is 6.19. The number of nitrogens with zero attached hydrogens (tertiary/aromatic N) is 2. The van der Waals surface area contributed by atoms with E-state index in [2.05, 4.69) is 30.7 Å². The van der Waals surface area contributed by atoms with Gasteiger partial charge in [0.05, 0.1) is 0 Å². The van der Waals surface area contributed by atoms with E-state index in [0.717, 1.165) is 17.9 Å². The van der Waals surface area contributed by atoms with Crippen molar-refractivity contribution in [1.29, 1.82) is 0 Å². The third-order valence-corrected chi connectivity index (χ3v) is 5.24.